The van der Waals surface area contributed by atoms with Crippen LogP contribution in [0.4, 0.5) is 10.1 Å². The first-order valence-corrected chi connectivity index (χ1v) is 4.87. The Balaban J connectivity index is 2.12. The largest absolute Gasteiger partial charge is 0.383 e. The van der Waals surface area contributed by atoms with Crippen molar-refractivity contribution in [1.29, 1.82) is 0 Å². The Hall–Kier alpha value is -1.42. The van der Waals surface area contributed by atoms with Gasteiger partial charge in [-0.1, -0.05) is 6.08 Å². The molecular formula is C11H15FN2O. The van der Waals surface area contributed by atoms with Crippen molar-refractivity contribution < 1.29 is 9.13 Å². The minimum absolute atomic E-state index is 0.479. The first-order chi connectivity index (χ1) is 7.33. The van der Waals surface area contributed by atoms with Crippen molar-refractivity contribution in [3.63, 3.8) is 0 Å². The van der Waals surface area contributed by atoms with E-state index in [0.717, 1.165) is 12.1 Å². The van der Waals surface area contributed by atoms with Crippen molar-refractivity contribution in [2.75, 3.05) is 25.1 Å². The van der Waals surface area contributed by atoms with Crippen LogP contribution in [0.15, 0.2) is 31.0 Å². The number of rotatable bonds is 7. The molecule has 3 nitrogen and oxygen atoms in total. The highest BCUT2D eigenvalue weighted by molar-refractivity contribution is 5.40. The normalized spacial score (nSPS) is 9.93. The summed E-state index contributed by atoms with van der Waals surface area (Å²) in [7, 11) is 0. The molecular weight excluding hydrogens is 195 g/mol. The lowest BCUT2D eigenvalue weighted by atomic mass is 10.4. The molecule has 1 rings (SSSR count). The fourth-order valence-corrected chi connectivity index (χ4v) is 1.05. The van der Waals surface area contributed by atoms with Crippen LogP contribution in [0.2, 0.25) is 0 Å². The maximum atomic E-state index is 12.6. The van der Waals surface area contributed by atoms with E-state index in [1.165, 1.54) is 12.3 Å². The van der Waals surface area contributed by atoms with Crippen LogP contribution in [0.25, 0.3) is 0 Å². The third-order valence-electron chi connectivity index (χ3n) is 1.77. The van der Waals surface area contributed by atoms with E-state index in [9.17, 15) is 4.39 Å². The van der Waals surface area contributed by atoms with Gasteiger partial charge < -0.3 is 10.1 Å². The van der Waals surface area contributed by atoms with Crippen molar-refractivity contribution in [2.45, 2.75) is 6.42 Å². The molecule has 1 N–H and O–H groups in total. The van der Waals surface area contributed by atoms with E-state index in [1.807, 2.05) is 6.08 Å². The van der Waals surface area contributed by atoms with Gasteiger partial charge in [0.1, 0.15) is 0 Å². The molecule has 1 heterocycles. The number of halogens is 1. The summed E-state index contributed by atoms with van der Waals surface area (Å²) in [6.07, 6.45) is 4.09. The molecule has 1 aromatic rings. The summed E-state index contributed by atoms with van der Waals surface area (Å²) in [5.74, 6) is -0.479. The van der Waals surface area contributed by atoms with Crippen molar-refractivity contribution in [3.05, 3.63) is 36.9 Å². The van der Waals surface area contributed by atoms with Gasteiger partial charge in [0.05, 0.1) is 13.2 Å². The third-order valence-corrected chi connectivity index (χ3v) is 1.77. The Morgan fingerprint density at radius 1 is 1.53 bits per heavy atom. The van der Waals surface area contributed by atoms with Gasteiger partial charge in [-0.25, -0.2) is 4.98 Å². The first-order valence-electron chi connectivity index (χ1n) is 4.87. The summed E-state index contributed by atoms with van der Waals surface area (Å²) in [6.45, 7) is 5.52. The number of pyridine rings is 1. The molecule has 0 saturated carbocycles. The monoisotopic (exact) mass is 210 g/mol. The fourth-order valence-electron chi connectivity index (χ4n) is 1.05. The van der Waals surface area contributed by atoms with Crippen LogP contribution in [0, 0.1) is 5.95 Å². The van der Waals surface area contributed by atoms with Gasteiger partial charge in [-0.15, -0.1) is 6.58 Å². The molecule has 0 unspecified atom stereocenters. The second kappa shape index (κ2) is 6.95. The van der Waals surface area contributed by atoms with E-state index in [4.69, 9.17) is 4.74 Å². The van der Waals surface area contributed by atoms with E-state index in [-0.39, 0.29) is 0 Å². The quantitative estimate of drug-likeness (QED) is 0.425. The number of aromatic nitrogens is 1. The van der Waals surface area contributed by atoms with Crippen molar-refractivity contribution >= 4 is 5.69 Å². The summed E-state index contributed by atoms with van der Waals surface area (Å²) in [5.41, 5.74) is 0.717. The zero-order valence-electron chi connectivity index (χ0n) is 8.58. The smallest absolute Gasteiger partial charge is 0.214 e. The predicted molar refractivity (Wildman–Crippen MR) is 58.3 cm³/mol. The SMILES string of the molecule is C=CCCOCCNc1ccnc(F)c1. The Morgan fingerprint density at radius 3 is 3.13 bits per heavy atom. The van der Waals surface area contributed by atoms with Crippen molar-refractivity contribution in [3.8, 4) is 0 Å². The lowest BCUT2D eigenvalue weighted by Crippen LogP contribution is -2.10. The molecule has 0 aliphatic rings. The van der Waals surface area contributed by atoms with E-state index >= 15 is 0 Å². The lowest BCUT2D eigenvalue weighted by molar-refractivity contribution is 0.149. The van der Waals surface area contributed by atoms with Gasteiger partial charge in [-0.3, -0.25) is 0 Å². The maximum Gasteiger partial charge on any atom is 0.214 e. The molecule has 0 aromatic carbocycles. The molecule has 0 radical (unpaired) electrons. The Bertz CT molecular complexity index is 304. The first kappa shape index (κ1) is 11.7. The molecule has 15 heavy (non-hydrogen) atoms. The summed E-state index contributed by atoms with van der Waals surface area (Å²) in [6, 6.07) is 3.07. The number of hydrogen-bond acceptors (Lipinski definition) is 3. The van der Waals surface area contributed by atoms with Crippen LogP contribution in [-0.2, 0) is 4.74 Å². The maximum absolute atomic E-state index is 12.6. The van der Waals surface area contributed by atoms with Gasteiger partial charge in [0.15, 0.2) is 0 Å². The Morgan fingerprint density at radius 2 is 2.40 bits per heavy atom. The van der Waals surface area contributed by atoms with E-state index < -0.39 is 5.95 Å². The summed E-state index contributed by atoms with van der Waals surface area (Å²) in [5, 5.41) is 3.03. The van der Waals surface area contributed by atoms with Gasteiger partial charge in [0.25, 0.3) is 0 Å². The lowest BCUT2D eigenvalue weighted by Gasteiger charge is -2.06. The molecule has 4 heteroatoms. The molecule has 0 spiro atoms. The number of nitrogens with one attached hydrogen (secondary N) is 1. The van der Waals surface area contributed by atoms with Crippen LogP contribution >= 0.6 is 0 Å². The van der Waals surface area contributed by atoms with Crippen LogP contribution in [0.1, 0.15) is 6.42 Å². The van der Waals surface area contributed by atoms with Crippen molar-refractivity contribution in [1.82, 2.24) is 4.98 Å². The zero-order valence-corrected chi connectivity index (χ0v) is 8.58. The molecule has 82 valence electrons. The van der Waals surface area contributed by atoms with E-state index in [0.29, 0.717) is 19.8 Å². The second-order valence-corrected chi connectivity index (χ2v) is 2.98. The van der Waals surface area contributed by atoms with Gasteiger partial charge in [0, 0.05) is 24.5 Å². The fraction of sp³-hybridized carbons (Fsp3) is 0.364. The Labute approximate surface area is 89.0 Å². The van der Waals surface area contributed by atoms with Gasteiger partial charge in [0.2, 0.25) is 5.95 Å². The molecule has 0 saturated heterocycles. The summed E-state index contributed by atoms with van der Waals surface area (Å²) >= 11 is 0. The average molecular weight is 210 g/mol. The van der Waals surface area contributed by atoms with Crippen molar-refractivity contribution in [2.24, 2.45) is 0 Å². The predicted octanol–water partition coefficient (Wildman–Crippen LogP) is 2.23. The molecule has 1 aromatic heterocycles. The van der Waals surface area contributed by atoms with Crippen LogP contribution in [0.5, 0.6) is 0 Å². The average Bonchev–Trinajstić information content (AvgIpc) is 2.23. The van der Waals surface area contributed by atoms with Gasteiger partial charge in [-0.05, 0) is 12.5 Å². The molecule has 0 aliphatic carbocycles. The number of ether oxygens (including phenoxy) is 1. The van der Waals surface area contributed by atoms with Gasteiger partial charge in [-0.2, -0.15) is 4.39 Å². The number of anilines is 1. The van der Waals surface area contributed by atoms with Crippen LogP contribution in [-0.4, -0.2) is 24.7 Å². The third kappa shape index (κ3) is 5.12. The highest BCUT2D eigenvalue weighted by Gasteiger charge is 1.94. The number of nitrogens with zero attached hydrogens (tertiary/aromatic N) is 1. The minimum Gasteiger partial charge on any atom is -0.383 e. The molecule has 0 atom stereocenters. The van der Waals surface area contributed by atoms with Crippen LogP contribution in [0.3, 0.4) is 0 Å². The highest BCUT2D eigenvalue weighted by atomic mass is 19.1. The summed E-state index contributed by atoms with van der Waals surface area (Å²) < 4.78 is 17.9. The molecule has 0 aliphatic heterocycles. The standard InChI is InChI=1S/C11H15FN2O/c1-2-3-7-15-8-6-13-10-4-5-14-11(12)9-10/h2,4-5,9H,1,3,6-8H2,(H,13,14). The molecule has 0 amide bonds. The minimum atomic E-state index is -0.479. The molecule has 0 fully saturated rings. The molecule has 0 bridgehead atoms. The van der Waals surface area contributed by atoms with E-state index in [2.05, 4.69) is 16.9 Å². The van der Waals surface area contributed by atoms with E-state index in [1.54, 1.807) is 6.07 Å². The Kier molecular flexibility index (Phi) is 5.40. The van der Waals surface area contributed by atoms with Gasteiger partial charge >= 0.3 is 0 Å². The van der Waals surface area contributed by atoms with Crippen LogP contribution < -0.4 is 5.32 Å². The topological polar surface area (TPSA) is 34.1 Å². The number of hydrogen-bond donors (Lipinski definition) is 1. The summed E-state index contributed by atoms with van der Waals surface area (Å²) in [4.78, 5) is 3.46. The second-order valence-electron chi connectivity index (χ2n) is 2.98. The zero-order chi connectivity index (χ0) is 10.9. The highest BCUT2D eigenvalue weighted by Crippen LogP contribution is 2.05.